The zero-order chi connectivity index (χ0) is 16.5. The van der Waals surface area contributed by atoms with Crippen LogP contribution in [-0.2, 0) is 0 Å². The molecule has 3 heterocycles. The first kappa shape index (κ1) is 14.9. The van der Waals surface area contributed by atoms with Gasteiger partial charge in [0, 0.05) is 22.2 Å². The lowest BCUT2D eigenvalue weighted by Gasteiger charge is -2.05. The number of carbonyl (C=O) groups excluding carboxylic acids is 1. The van der Waals surface area contributed by atoms with Gasteiger partial charge in [-0.1, -0.05) is 23.7 Å². The number of hydrogen-bond acceptors (Lipinski definition) is 4. The van der Waals surface area contributed by atoms with Crippen molar-refractivity contribution >= 4 is 40.3 Å². The summed E-state index contributed by atoms with van der Waals surface area (Å²) < 4.78 is 1.59. The molecule has 0 aliphatic rings. The highest BCUT2D eigenvalue weighted by atomic mass is 35.5. The third kappa shape index (κ3) is 2.77. The topological polar surface area (TPSA) is 59.3 Å². The number of benzene rings is 1. The SMILES string of the molecule is O=C(Nc1ccnc2ccnn12)c1ccc(-c2ccc(Cl)cc2)s1. The molecule has 0 fully saturated rings. The van der Waals surface area contributed by atoms with Gasteiger partial charge in [0.05, 0.1) is 11.1 Å². The maximum Gasteiger partial charge on any atom is 0.266 e. The van der Waals surface area contributed by atoms with E-state index in [2.05, 4.69) is 15.4 Å². The third-order valence-electron chi connectivity index (χ3n) is 3.49. The summed E-state index contributed by atoms with van der Waals surface area (Å²) in [6, 6.07) is 14.8. The Kier molecular flexibility index (Phi) is 3.76. The highest BCUT2D eigenvalue weighted by Gasteiger charge is 2.12. The van der Waals surface area contributed by atoms with Crippen molar-refractivity contribution in [3.63, 3.8) is 0 Å². The van der Waals surface area contributed by atoms with Gasteiger partial charge in [-0.3, -0.25) is 4.79 Å². The lowest BCUT2D eigenvalue weighted by Crippen LogP contribution is -2.13. The normalized spacial score (nSPS) is 10.9. The molecule has 0 saturated carbocycles. The number of carbonyl (C=O) groups is 1. The molecule has 5 nitrogen and oxygen atoms in total. The van der Waals surface area contributed by atoms with Gasteiger partial charge in [-0.05, 0) is 35.9 Å². The van der Waals surface area contributed by atoms with E-state index in [0.717, 1.165) is 10.4 Å². The molecule has 0 aliphatic heterocycles. The second-order valence-electron chi connectivity index (χ2n) is 5.06. The smallest absolute Gasteiger partial charge is 0.266 e. The molecule has 4 rings (SSSR count). The van der Waals surface area contributed by atoms with E-state index in [-0.39, 0.29) is 5.91 Å². The van der Waals surface area contributed by atoms with E-state index in [1.807, 2.05) is 36.4 Å². The number of anilines is 1. The summed E-state index contributed by atoms with van der Waals surface area (Å²) >= 11 is 7.34. The Morgan fingerprint density at radius 3 is 2.71 bits per heavy atom. The van der Waals surface area contributed by atoms with Crippen LogP contribution in [0.15, 0.2) is 60.9 Å². The van der Waals surface area contributed by atoms with E-state index < -0.39 is 0 Å². The predicted molar refractivity (Wildman–Crippen MR) is 95.7 cm³/mol. The Hall–Kier alpha value is -2.70. The largest absolute Gasteiger partial charge is 0.306 e. The Morgan fingerprint density at radius 1 is 1.04 bits per heavy atom. The van der Waals surface area contributed by atoms with Crippen molar-refractivity contribution in [1.29, 1.82) is 0 Å². The summed E-state index contributed by atoms with van der Waals surface area (Å²) in [5, 5.41) is 7.72. The maximum atomic E-state index is 12.5. The van der Waals surface area contributed by atoms with Crippen molar-refractivity contribution in [2.75, 3.05) is 5.32 Å². The van der Waals surface area contributed by atoms with E-state index in [1.165, 1.54) is 11.3 Å². The molecule has 0 saturated heterocycles. The van der Waals surface area contributed by atoms with Crippen LogP contribution in [0, 0.1) is 0 Å². The van der Waals surface area contributed by atoms with Crippen molar-refractivity contribution in [3.05, 3.63) is 70.8 Å². The standard InChI is InChI=1S/C17H11ClN4OS/c18-12-3-1-11(2-4-12)13-5-6-14(24-13)17(23)21-16-7-9-19-15-8-10-20-22(15)16/h1-10H,(H,21,23). The van der Waals surface area contributed by atoms with Crippen molar-refractivity contribution < 1.29 is 4.79 Å². The number of fused-ring (bicyclic) bond motifs is 1. The molecule has 0 bridgehead atoms. The van der Waals surface area contributed by atoms with Gasteiger partial charge < -0.3 is 5.32 Å². The van der Waals surface area contributed by atoms with Gasteiger partial charge >= 0.3 is 0 Å². The number of nitrogens with zero attached hydrogens (tertiary/aromatic N) is 3. The van der Waals surface area contributed by atoms with E-state index in [1.54, 1.807) is 29.0 Å². The van der Waals surface area contributed by atoms with Crippen LogP contribution in [-0.4, -0.2) is 20.5 Å². The minimum absolute atomic E-state index is 0.178. The van der Waals surface area contributed by atoms with Gasteiger partial charge in [-0.25, -0.2) is 4.98 Å². The van der Waals surface area contributed by atoms with Gasteiger partial charge in [-0.15, -0.1) is 11.3 Å². The molecule has 0 radical (unpaired) electrons. The molecule has 7 heteroatoms. The molecular weight excluding hydrogens is 344 g/mol. The van der Waals surface area contributed by atoms with E-state index in [4.69, 9.17) is 11.6 Å². The van der Waals surface area contributed by atoms with Gasteiger partial charge in [0.1, 0.15) is 5.82 Å². The number of halogens is 1. The van der Waals surface area contributed by atoms with Crippen molar-refractivity contribution in [1.82, 2.24) is 14.6 Å². The number of thiophene rings is 1. The lowest BCUT2D eigenvalue weighted by atomic mass is 10.2. The minimum atomic E-state index is -0.178. The molecule has 4 aromatic rings. The number of nitrogens with one attached hydrogen (secondary N) is 1. The van der Waals surface area contributed by atoms with E-state index >= 15 is 0 Å². The Morgan fingerprint density at radius 2 is 1.88 bits per heavy atom. The van der Waals surface area contributed by atoms with E-state index in [0.29, 0.717) is 21.4 Å². The molecule has 0 spiro atoms. The van der Waals surface area contributed by atoms with Gasteiger partial charge in [0.25, 0.3) is 5.91 Å². The molecule has 1 aromatic carbocycles. The zero-order valence-electron chi connectivity index (χ0n) is 12.3. The van der Waals surface area contributed by atoms with Gasteiger partial charge in [0.2, 0.25) is 0 Å². The quantitative estimate of drug-likeness (QED) is 0.594. The van der Waals surface area contributed by atoms with E-state index in [9.17, 15) is 4.79 Å². The summed E-state index contributed by atoms with van der Waals surface area (Å²) in [6.07, 6.45) is 3.28. The molecule has 118 valence electrons. The molecule has 3 aromatic heterocycles. The molecule has 0 aliphatic carbocycles. The Balaban J connectivity index is 1.59. The predicted octanol–water partition coefficient (Wildman–Crippen LogP) is 4.36. The number of aromatic nitrogens is 3. The number of rotatable bonds is 3. The fourth-order valence-corrected chi connectivity index (χ4v) is 3.37. The van der Waals surface area contributed by atoms with Crippen LogP contribution < -0.4 is 5.32 Å². The Bertz CT molecular complexity index is 1020. The first-order valence-electron chi connectivity index (χ1n) is 7.16. The molecule has 1 N–H and O–H groups in total. The highest BCUT2D eigenvalue weighted by Crippen LogP contribution is 2.29. The average Bonchev–Trinajstić information content (AvgIpc) is 3.25. The van der Waals surface area contributed by atoms with Crippen LogP contribution in [0.3, 0.4) is 0 Å². The van der Waals surface area contributed by atoms with Crippen LogP contribution in [0.2, 0.25) is 5.02 Å². The number of amides is 1. The van der Waals surface area contributed by atoms with Crippen molar-refractivity contribution in [2.45, 2.75) is 0 Å². The Labute approximate surface area is 146 Å². The minimum Gasteiger partial charge on any atom is -0.306 e. The molecule has 0 unspecified atom stereocenters. The average molecular weight is 355 g/mol. The lowest BCUT2D eigenvalue weighted by molar-refractivity contribution is 0.103. The summed E-state index contributed by atoms with van der Waals surface area (Å²) in [6.45, 7) is 0. The second kappa shape index (κ2) is 6.07. The molecule has 0 atom stereocenters. The van der Waals surface area contributed by atoms with Crippen LogP contribution in [0.1, 0.15) is 9.67 Å². The molecule has 1 amide bonds. The molecular formula is C17H11ClN4OS. The summed E-state index contributed by atoms with van der Waals surface area (Å²) in [5.74, 6) is 0.402. The summed E-state index contributed by atoms with van der Waals surface area (Å²) in [4.78, 5) is 18.3. The van der Waals surface area contributed by atoms with Crippen LogP contribution in [0.25, 0.3) is 16.1 Å². The van der Waals surface area contributed by atoms with Crippen molar-refractivity contribution in [2.24, 2.45) is 0 Å². The fraction of sp³-hybridized carbons (Fsp3) is 0. The monoisotopic (exact) mass is 354 g/mol. The first-order valence-corrected chi connectivity index (χ1v) is 8.36. The fourth-order valence-electron chi connectivity index (χ4n) is 2.34. The van der Waals surface area contributed by atoms with Gasteiger partial charge in [-0.2, -0.15) is 9.61 Å². The second-order valence-corrected chi connectivity index (χ2v) is 6.58. The number of hydrogen-bond donors (Lipinski definition) is 1. The summed E-state index contributed by atoms with van der Waals surface area (Å²) in [5.41, 5.74) is 1.71. The summed E-state index contributed by atoms with van der Waals surface area (Å²) in [7, 11) is 0. The van der Waals surface area contributed by atoms with Crippen LogP contribution in [0.4, 0.5) is 5.82 Å². The molecule has 24 heavy (non-hydrogen) atoms. The highest BCUT2D eigenvalue weighted by molar-refractivity contribution is 7.17. The zero-order valence-corrected chi connectivity index (χ0v) is 13.9. The first-order chi connectivity index (χ1) is 11.7. The maximum absolute atomic E-state index is 12.5. The third-order valence-corrected chi connectivity index (χ3v) is 4.88. The van der Waals surface area contributed by atoms with Gasteiger partial charge in [0.15, 0.2) is 5.65 Å². The van der Waals surface area contributed by atoms with Crippen LogP contribution in [0.5, 0.6) is 0 Å². The van der Waals surface area contributed by atoms with Crippen molar-refractivity contribution in [3.8, 4) is 10.4 Å². The van der Waals surface area contributed by atoms with Crippen LogP contribution >= 0.6 is 22.9 Å².